The van der Waals surface area contributed by atoms with Crippen LogP contribution in [0, 0.1) is 5.92 Å². The first kappa shape index (κ1) is 26.1. The average Bonchev–Trinajstić information content (AvgIpc) is 2.83. The molecule has 0 bridgehead atoms. The van der Waals surface area contributed by atoms with E-state index in [4.69, 9.17) is 26.1 Å². The van der Waals surface area contributed by atoms with Crippen LogP contribution < -0.4 is 20.5 Å². The molecule has 0 aliphatic carbocycles. The summed E-state index contributed by atoms with van der Waals surface area (Å²) < 4.78 is 17.6. The number of hydrogen-bond acceptors (Lipinski definition) is 7. The molecule has 13 heteroatoms. The third-order valence-corrected chi connectivity index (χ3v) is 7.22. The predicted molar refractivity (Wildman–Crippen MR) is 137 cm³/mol. The minimum atomic E-state index is -4.03. The number of carbonyl (C=O) groups is 1. The number of aromatic nitrogens is 3. The van der Waals surface area contributed by atoms with Gasteiger partial charge in [-0.3, -0.25) is 14.2 Å². The molecule has 0 atom stereocenters. The molecule has 36 heavy (non-hydrogen) atoms. The van der Waals surface area contributed by atoms with Crippen molar-refractivity contribution in [3.63, 3.8) is 0 Å². The first-order valence-electron chi connectivity index (χ1n) is 11.4. The highest BCUT2D eigenvalue weighted by molar-refractivity contribution is 7.51. The number of carbonyl (C=O) groups excluding carboxylic acids is 1. The van der Waals surface area contributed by atoms with Crippen molar-refractivity contribution in [2.45, 2.75) is 25.8 Å². The van der Waals surface area contributed by atoms with Crippen LogP contribution in [0.15, 0.2) is 41.3 Å². The van der Waals surface area contributed by atoms with Crippen molar-refractivity contribution >= 4 is 47.4 Å². The number of nitrogens with zero attached hydrogens (tertiary/aromatic N) is 4. The number of fused-ring (bicyclic) bond motifs is 1. The Hall–Kier alpha value is -2.98. The van der Waals surface area contributed by atoms with Gasteiger partial charge in [-0.25, -0.2) is 4.68 Å². The number of ether oxygens (including phenoxy) is 1. The van der Waals surface area contributed by atoms with E-state index in [1.165, 1.54) is 13.3 Å². The Kier molecular flexibility index (Phi) is 7.94. The lowest BCUT2D eigenvalue weighted by Gasteiger charge is -2.33. The van der Waals surface area contributed by atoms with Crippen LogP contribution in [0.3, 0.4) is 0 Å². The number of hydrogen-bond donors (Lipinski definition) is 3. The van der Waals surface area contributed by atoms with E-state index in [1.807, 2.05) is 4.90 Å². The SMILES string of the molecule is COc1cc2cnn(CC(=O)Nc3cccc(Cl)c3)c(=O)c2c(N2CCC(CCP(=O)(O)O)CC2)n1. The quantitative estimate of drug-likeness (QED) is 0.370. The molecule has 1 aliphatic rings. The fourth-order valence-corrected chi connectivity index (χ4v) is 5.19. The highest BCUT2D eigenvalue weighted by Crippen LogP contribution is 2.38. The molecular weight excluding hydrogens is 509 g/mol. The van der Waals surface area contributed by atoms with Crippen LogP contribution in [0.1, 0.15) is 19.3 Å². The smallest absolute Gasteiger partial charge is 0.325 e. The van der Waals surface area contributed by atoms with Crippen LogP contribution in [-0.4, -0.2) is 56.8 Å². The Bertz CT molecular complexity index is 1370. The highest BCUT2D eigenvalue weighted by atomic mass is 35.5. The lowest BCUT2D eigenvalue weighted by Crippen LogP contribution is -2.36. The van der Waals surface area contributed by atoms with Gasteiger partial charge in [0.05, 0.1) is 24.9 Å². The number of nitrogens with one attached hydrogen (secondary N) is 1. The molecule has 1 fully saturated rings. The van der Waals surface area contributed by atoms with E-state index in [-0.39, 0.29) is 18.6 Å². The number of amides is 1. The van der Waals surface area contributed by atoms with Crippen molar-refractivity contribution in [1.29, 1.82) is 0 Å². The normalized spacial score (nSPS) is 14.7. The van der Waals surface area contributed by atoms with Gasteiger partial charge in [0.1, 0.15) is 12.4 Å². The Morgan fingerprint density at radius 1 is 1.28 bits per heavy atom. The van der Waals surface area contributed by atoms with Gasteiger partial charge in [-0.2, -0.15) is 10.1 Å². The van der Waals surface area contributed by atoms with Gasteiger partial charge in [-0.15, -0.1) is 0 Å². The van der Waals surface area contributed by atoms with Gasteiger partial charge < -0.3 is 24.7 Å². The molecule has 0 saturated carbocycles. The summed E-state index contributed by atoms with van der Waals surface area (Å²) in [5.74, 6) is 0.521. The third kappa shape index (κ3) is 6.41. The van der Waals surface area contributed by atoms with Crippen molar-refractivity contribution in [3.8, 4) is 5.88 Å². The molecular formula is C23H27ClN5O6P. The maximum absolute atomic E-state index is 13.4. The molecule has 11 nitrogen and oxygen atoms in total. The van der Waals surface area contributed by atoms with Crippen LogP contribution in [-0.2, 0) is 15.9 Å². The molecule has 4 rings (SSSR count). The molecule has 0 spiro atoms. The van der Waals surface area contributed by atoms with Gasteiger partial charge in [-0.05, 0) is 43.4 Å². The fourth-order valence-electron chi connectivity index (χ4n) is 4.29. The number of rotatable bonds is 8. The van der Waals surface area contributed by atoms with Gasteiger partial charge in [0.25, 0.3) is 5.56 Å². The molecule has 1 saturated heterocycles. The Morgan fingerprint density at radius 3 is 2.69 bits per heavy atom. The monoisotopic (exact) mass is 535 g/mol. The molecule has 0 radical (unpaired) electrons. The molecule has 1 aromatic carbocycles. The molecule has 3 N–H and O–H groups in total. The summed E-state index contributed by atoms with van der Waals surface area (Å²) in [6.45, 7) is 0.841. The van der Waals surface area contributed by atoms with Gasteiger partial charge >= 0.3 is 7.60 Å². The second kappa shape index (κ2) is 11.0. The summed E-state index contributed by atoms with van der Waals surface area (Å²) in [6.07, 6.45) is 3.24. The summed E-state index contributed by atoms with van der Waals surface area (Å²) in [6, 6.07) is 8.32. The Morgan fingerprint density at radius 2 is 2.03 bits per heavy atom. The van der Waals surface area contributed by atoms with Gasteiger partial charge in [0.15, 0.2) is 0 Å². The van der Waals surface area contributed by atoms with Gasteiger partial charge in [0.2, 0.25) is 11.8 Å². The average molecular weight is 536 g/mol. The van der Waals surface area contributed by atoms with Gasteiger partial charge in [-0.1, -0.05) is 17.7 Å². The first-order chi connectivity index (χ1) is 17.1. The highest BCUT2D eigenvalue weighted by Gasteiger charge is 2.26. The minimum absolute atomic E-state index is 0.133. The van der Waals surface area contributed by atoms with Crippen molar-refractivity contribution in [2.75, 3.05) is 36.6 Å². The van der Waals surface area contributed by atoms with E-state index in [0.29, 0.717) is 65.5 Å². The Balaban J connectivity index is 1.57. The largest absolute Gasteiger partial charge is 0.481 e. The molecule has 1 amide bonds. The maximum atomic E-state index is 13.4. The number of methoxy groups -OCH3 is 1. The molecule has 192 valence electrons. The second-order valence-corrected chi connectivity index (χ2v) is 10.9. The van der Waals surface area contributed by atoms with E-state index in [0.717, 1.165) is 4.68 Å². The second-order valence-electron chi connectivity index (χ2n) is 8.73. The van der Waals surface area contributed by atoms with Crippen molar-refractivity contribution in [3.05, 3.63) is 51.9 Å². The van der Waals surface area contributed by atoms with Crippen LogP contribution in [0.25, 0.3) is 10.8 Å². The zero-order valence-electron chi connectivity index (χ0n) is 19.6. The summed E-state index contributed by atoms with van der Waals surface area (Å²) in [5.41, 5.74) is 0.0533. The van der Waals surface area contributed by atoms with E-state index in [9.17, 15) is 14.2 Å². The molecule has 1 aliphatic heterocycles. The number of pyridine rings is 1. The lowest BCUT2D eigenvalue weighted by atomic mass is 9.94. The number of benzene rings is 1. The lowest BCUT2D eigenvalue weighted by molar-refractivity contribution is -0.117. The van der Waals surface area contributed by atoms with Crippen molar-refractivity contribution in [2.24, 2.45) is 5.92 Å². The van der Waals surface area contributed by atoms with Gasteiger partial charge in [0, 0.05) is 35.3 Å². The fraction of sp³-hybridized carbons (Fsp3) is 0.391. The van der Waals surface area contributed by atoms with Crippen LogP contribution in [0.2, 0.25) is 5.02 Å². The molecule has 3 aromatic rings. The molecule has 2 aromatic heterocycles. The molecule has 3 heterocycles. The minimum Gasteiger partial charge on any atom is -0.481 e. The number of piperidine rings is 1. The first-order valence-corrected chi connectivity index (χ1v) is 13.6. The summed E-state index contributed by atoms with van der Waals surface area (Å²) >= 11 is 5.97. The van der Waals surface area contributed by atoms with E-state index in [1.54, 1.807) is 30.3 Å². The number of halogens is 1. The summed E-state index contributed by atoms with van der Waals surface area (Å²) in [4.78, 5) is 50.8. The van der Waals surface area contributed by atoms with E-state index in [2.05, 4.69) is 15.4 Å². The van der Waals surface area contributed by atoms with Crippen LogP contribution >= 0.6 is 19.2 Å². The van der Waals surface area contributed by atoms with E-state index < -0.39 is 19.1 Å². The maximum Gasteiger partial charge on any atom is 0.325 e. The van der Waals surface area contributed by atoms with E-state index >= 15 is 0 Å². The zero-order valence-corrected chi connectivity index (χ0v) is 21.3. The van der Waals surface area contributed by atoms with Crippen molar-refractivity contribution < 1.29 is 23.9 Å². The van der Waals surface area contributed by atoms with Crippen LogP contribution in [0.4, 0.5) is 11.5 Å². The standard InChI is InChI=1S/C23H27ClN5O6P/c1-35-20-11-16-13-25-29(14-19(30)26-18-4-2-3-17(24)12-18)23(31)21(16)22(27-20)28-8-5-15(6-9-28)7-10-36(32,33)34/h2-4,11-13,15H,5-10,14H2,1H3,(H,26,30)(H2,32,33,34). The van der Waals surface area contributed by atoms with Crippen LogP contribution in [0.5, 0.6) is 5.88 Å². The van der Waals surface area contributed by atoms with Crippen molar-refractivity contribution in [1.82, 2.24) is 14.8 Å². The number of anilines is 2. The summed E-state index contributed by atoms with van der Waals surface area (Å²) in [5, 5.41) is 8.22. The summed E-state index contributed by atoms with van der Waals surface area (Å²) in [7, 11) is -2.54. The Labute approximate surface area is 212 Å². The topological polar surface area (TPSA) is 147 Å². The zero-order chi connectivity index (χ0) is 25.9. The molecule has 0 unspecified atom stereocenters. The third-order valence-electron chi connectivity index (χ3n) is 6.15. The predicted octanol–water partition coefficient (Wildman–Crippen LogP) is 2.88.